The Hall–Kier alpha value is -0.860. The largest absolute Gasteiger partial charge is 0.224 e. The van der Waals surface area contributed by atoms with Crippen LogP contribution < -0.4 is 0 Å². The zero-order chi connectivity index (χ0) is 9.84. The van der Waals surface area contributed by atoms with Crippen molar-refractivity contribution in [1.29, 1.82) is 0 Å². The number of aromatic nitrogens is 2. The molecule has 0 aromatic carbocycles. The van der Waals surface area contributed by atoms with E-state index in [1.54, 1.807) is 6.08 Å². The van der Waals surface area contributed by atoms with Crippen molar-refractivity contribution < 1.29 is 0 Å². The van der Waals surface area contributed by atoms with Gasteiger partial charge >= 0.3 is 0 Å². The van der Waals surface area contributed by atoms with Gasteiger partial charge in [-0.2, -0.15) is 0 Å². The average Bonchev–Trinajstić information content (AvgIpc) is 2.09. The molecule has 0 saturated heterocycles. The molecule has 2 nitrogen and oxygen atoms in total. The van der Waals surface area contributed by atoms with Crippen LogP contribution in [-0.4, -0.2) is 9.97 Å². The first-order chi connectivity index (χ1) is 6.19. The third-order valence-corrected chi connectivity index (χ3v) is 1.89. The van der Waals surface area contributed by atoms with Crippen molar-refractivity contribution in [3.8, 4) is 0 Å². The first-order valence-corrected chi connectivity index (χ1v) is 4.42. The molecule has 0 spiro atoms. The van der Waals surface area contributed by atoms with E-state index in [4.69, 9.17) is 23.2 Å². The fourth-order valence-corrected chi connectivity index (χ4v) is 1.37. The lowest BCUT2D eigenvalue weighted by Crippen LogP contribution is -1.92. The standard InChI is InChI=1S/C9H8Cl2N2/c1-3-5-6-7(4-2)12-9(11)13-8(6)10/h3-5H,2H2,1H3/b5-3-. The quantitative estimate of drug-likeness (QED) is 0.557. The number of rotatable bonds is 2. The molecule has 1 aromatic rings. The van der Waals surface area contributed by atoms with E-state index in [2.05, 4.69) is 16.5 Å². The molecule has 1 rings (SSSR count). The predicted octanol–water partition coefficient (Wildman–Crippen LogP) is 3.46. The summed E-state index contributed by atoms with van der Waals surface area (Å²) in [7, 11) is 0. The van der Waals surface area contributed by atoms with Crippen molar-refractivity contribution in [3.63, 3.8) is 0 Å². The summed E-state index contributed by atoms with van der Waals surface area (Å²) in [5, 5.41) is 0.473. The Balaban J connectivity index is 3.37. The van der Waals surface area contributed by atoms with E-state index in [1.165, 1.54) is 0 Å². The summed E-state index contributed by atoms with van der Waals surface area (Å²) in [6, 6.07) is 0. The van der Waals surface area contributed by atoms with Gasteiger partial charge in [-0.05, 0) is 24.6 Å². The highest BCUT2D eigenvalue weighted by molar-refractivity contribution is 6.33. The van der Waals surface area contributed by atoms with Crippen LogP contribution in [0.1, 0.15) is 18.2 Å². The van der Waals surface area contributed by atoms with Gasteiger partial charge in [0.1, 0.15) is 5.15 Å². The van der Waals surface area contributed by atoms with Crippen molar-refractivity contribution in [3.05, 3.63) is 34.3 Å². The van der Waals surface area contributed by atoms with E-state index < -0.39 is 0 Å². The molecular weight excluding hydrogens is 207 g/mol. The Morgan fingerprint density at radius 2 is 2.00 bits per heavy atom. The maximum absolute atomic E-state index is 5.86. The van der Waals surface area contributed by atoms with Crippen LogP contribution in [0.5, 0.6) is 0 Å². The molecule has 1 aromatic heterocycles. The zero-order valence-electron chi connectivity index (χ0n) is 7.09. The van der Waals surface area contributed by atoms with E-state index in [-0.39, 0.29) is 5.28 Å². The highest BCUT2D eigenvalue weighted by atomic mass is 35.5. The topological polar surface area (TPSA) is 25.8 Å². The smallest absolute Gasteiger partial charge is 0.218 e. The minimum atomic E-state index is 0.133. The molecule has 0 bridgehead atoms. The molecule has 0 saturated carbocycles. The summed E-state index contributed by atoms with van der Waals surface area (Å²) < 4.78 is 0. The van der Waals surface area contributed by atoms with Gasteiger partial charge < -0.3 is 0 Å². The second kappa shape index (κ2) is 4.40. The van der Waals surface area contributed by atoms with Crippen LogP contribution in [0.4, 0.5) is 0 Å². The Bertz CT molecular complexity index is 359. The van der Waals surface area contributed by atoms with Crippen molar-refractivity contribution in [2.24, 2.45) is 0 Å². The molecular formula is C9H8Cl2N2. The molecule has 0 atom stereocenters. The number of allylic oxidation sites excluding steroid dienone is 1. The van der Waals surface area contributed by atoms with Gasteiger partial charge in [-0.3, -0.25) is 0 Å². The molecule has 0 aliphatic carbocycles. The highest BCUT2D eigenvalue weighted by Gasteiger charge is 2.06. The fourth-order valence-electron chi connectivity index (χ4n) is 0.908. The number of halogens is 2. The lowest BCUT2D eigenvalue weighted by Gasteiger charge is -2.02. The Morgan fingerprint density at radius 3 is 2.54 bits per heavy atom. The summed E-state index contributed by atoms with van der Waals surface area (Å²) in [6.45, 7) is 5.50. The van der Waals surface area contributed by atoms with Gasteiger partial charge in [-0.1, -0.05) is 30.3 Å². The molecule has 0 N–H and O–H groups in total. The minimum absolute atomic E-state index is 0.133. The van der Waals surface area contributed by atoms with Gasteiger partial charge in [0.2, 0.25) is 5.28 Å². The number of nitrogens with zero attached hydrogens (tertiary/aromatic N) is 2. The molecule has 1 heterocycles. The molecule has 4 heteroatoms. The normalized spacial score (nSPS) is 10.7. The summed E-state index contributed by atoms with van der Waals surface area (Å²) >= 11 is 11.5. The first-order valence-electron chi connectivity index (χ1n) is 3.67. The van der Waals surface area contributed by atoms with Crippen molar-refractivity contribution >= 4 is 35.4 Å². The molecule has 0 amide bonds. The maximum Gasteiger partial charge on any atom is 0.224 e. The van der Waals surface area contributed by atoms with Crippen LogP contribution in [0.3, 0.4) is 0 Å². The van der Waals surface area contributed by atoms with Crippen molar-refractivity contribution in [2.75, 3.05) is 0 Å². The Labute approximate surface area is 86.9 Å². The maximum atomic E-state index is 5.86. The van der Waals surface area contributed by atoms with Crippen LogP contribution >= 0.6 is 23.2 Å². The van der Waals surface area contributed by atoms with E-state index in [0.29, 0.717) is 10.8 Å². The summed E-state index contributed by atoms with van der Waals surface area (Å²) in [5.41, 5.74) is 1.38. The molecule has 0 aliphatic rings. The first kappa shape index (κ1) is 10.2. The molecule has 0 radical (unpaired) electrons. The van der Waals surface area contributed by atoms with Gasteiger partial charge in [0.05, 0.1) is 5.69 Å². The molecule has 68 valence electrons. The molecule has 0 aliphatic heterocycles. The highest BCUT2D eigenvalue weighted by Crippen LogP contribution is 2.21. The molecule has 0 fully saturated rings. The zero-order valence-corrected chi connectivity index (χ0v) is 8.60. The Kier molecular flexibility index (Phi) is 3.46. The lowest BCUT2D eigenvalue weighted by atomic mass is 10.2. The van der Waals surface area contributed by atoms with Crippen LogP contribution in [0.2, 0.25) is 10.4 Å². The van der Waals surface area contributed by atoms with Crippen LogP contribution in [-0.2, 0) is 0 Å². The fraction of sp³-hybridized carbons (Fsp3) is 0.111. The summed E-state index contributed by atoms with van der Waals surface area (Å²) in [5.74, 6) is 0. The van der Waals surface area contributed by atoms with Gasteiger partial charge in [-0.15, -0.1) is 0 Å². The molecule has 13 heavy (non-hydrogen) atoms. The minimum Gasteiger partial charge on any atom is -0.218 e. The third kappa shape index (κ3) is 2.29. The van der Waals surface area contributed by atoms with E-state index in [1.807, 2.05) is 19.1 Å². The van der Waals surface area contributed by atoms with Gasteiger partial charge in [0, 0.05) is 5.56 Å². The average molecular weight is 215 g/mol. The van der Waals surface area contributed by atoms with E-state index in [9.17, 15) is 0 Å². The van der Waals surface area contributed by atoms with Crippen LogP contribution in [0.15, 0.2) is 12.7 Å². The monoisotopic (exact) mass is 214 g/mol. The second-order valence-corrected chi connectivity index (χ2v) is 2.98. The van der Waals surface area contributed by atoms with Crippen LogP contribution in [0.25, 0.3) is 12.2 Å². The Morgan fingerprint density at radius 1 is 1.31 bits per heavy atom. The van der Waals surface area contributed by atoms with Gasteiger partial charge in [0.15, 0.2) is 0 Å². The van der Waals surface area contributed by atoms with E-state index >= 15 is 0 Å². The second-order valence-electron chi connectivity index (χ2n) is 2.29. The van der Waals surface area contributed by atoms with Crippen molar-refractivity contribution in [1.82, 2.24) is 9.97 Å². The number of hydrogen-bond acceptors (Lipinski definition) is 2. The van der Waals surface area contributed by atoms with Crippen molar-refractivity contribution in [2.45, 2.75) is 6.92 Å². The molecule has 0 unspecified atom stereocenters. The van der Waals surface area contributed by atoms with Gasteiger partial charge in [0.25, 0.3) is 0 Å². The number of hydrogen-bond donors (Lipinski definition) is 0. The summed E-state index contributed by atoms with van der Waals surface area (Å²) in [4.78, 5) is 7.79. The van der Waals surface area contributed by atoms with Gasteiger partial charge in [-0.25, -0.2) is 9.97 Å². The third-order valence-electron chi connectivity index (χ3n) is 1.43. The van der Waals surface area contributed by atoms with E-state index in [0.717, 1.165) is 5.56 Å². The lowest BCUT2D eigenvalue weighted by molar-refractivity contribution is 1.14. The SMILES string of the molecule is C=Cc1nc(Cl)nc(Cl)c1/C=C\C. The summed E-state index contributed by atoms with van der Waals surface area (Å²) in [6.07, 6.45) is 5.26. The predicted molar refractivity (Wildman–Crippen MR) is 56.9 cm³/mol. The van der Waals surface area contributed by atoms with Crippen LogP contribution in [0, 0.1) is 0 Å².